The number of thioether (sulfide) groups is 1. The molecule has 1 aromatic heterocycles. The van der Waals surface area contributed by atoms with Crippen LogP contribution in [-0.4, -0.2) is 31.4 Å². The molecule has 4 nitrogen and oxygen atoms in total. The maximum atomic E-state index is 12.5. The van der Waals surface area contributed by atoms with Gasteiger partial charge in [0.1, 0.15) is 5.76 Å². The smallest absolute Gasteiger partial charge is 0.251 e. The first-order chi connectivity index (χ1) is 13.5. The number of halogens is 1. The van der Waals surface area contributed by atoms with Crippen molar-refractivity contribution in [1.82, 2.24) is 10.2 Å². The summed E-state index contributed by atoms with van der Waals surface area (Å²) >= 11 is 7.65. The number of hydrogen-bond donors (Lipinski definition) is 1. The number of nitrogens with one attached hydrogen (secondary N) is 1. The van der Waals surface area contributed by atoms with Crippen molar-refractivity contribution in [2.75, 3.05) is 20.6 Å². The van der Waals surface area contributed by atoms with E-state index in [2.05, 4.69) is 5.32 Å². The Hall–Kier alpha value is -2.21. The highest BCUT2D eigenvalue weighted by atomic mass is 35.5. The van der Waals surface area contributed by atoms with Crippen molar-refractivity contribution in [3.63, 3.8) is 0 Å². The fourth-order valence-corrected chi connectivity index (χ4v) is 3.74. The number of nitrogens with zero attached hydrogens (tertiary/aromatic N) is 1. The zero-order chi connectivity index (χ0) is 19.9. The van der Waals surface area contributed by atoms with Gasteiger partial charge in [0.2, 0.25) is 0 Å². The number of carbonyl (C=O) groups is 1. The van der Waals surface area contributed by atoms with Gasteiger partial charge in [-0.15, -0.1) is 11.8 Å². The van der Waals surface area contributed by atoms with Gasteiger partial charge in [0, 0.05) is 27.8 Å². The summed E-state index contributed by atoms with van der Waals surface area (Å²) in [5.41, 5.74) is 1.82. The normalized spacial score (nSPS) is 12.1. The van der Waals surface area contributed by atoms with Gasteiger partial charge < -0.3 is 9.73 Å². The van der Waals surface area contributed by atoms with E-state index >= 15 is 0 Å². The summed E-state index contributed by atoms with van der Waals surface area (Å²) < 4.78 is 5.48. The van der Waals surface area contributed by atoms with Crippen LogP contribution in [0.2, 0.25) is 5.02 Å². The van der Waals surface area contributed by atoms with Crippen molar-refractivity contribution in [1.29, 1.82) is 0 Å². The lowest BCUT2D eigenvalue weighted by molar-refractivity contribution is 0.0939. The third-order valence-corrected chi connectivity index (χ3v) is 5.72. The molecule has 1 amide bonds. The lowest BCUT2D eigenvalue weighted by Crippen LogP contribution is -2.34. The number of rotatable bonds is 8. The van der Waals surface area contributed by atoms with E-state index in [0.717, 1.165) is 16.5 Å². The van der Waals surface area contributed by atoms with E-state index in [0.29, 0.717) is 12.1 Å². The first-order valence-electron chi connectivity index (χ1n) is 8.98. The van der Waals surface area contributed by atoms with E-state index in [1.54, 1.807) is 18.0 Å². The molecule has 0 radical (unpaired) electrons. The predicted octanol–water partition coefficient (Wildman–Crippen LogP) is 5.26. The van der Waals surface area contributed by atoms with Crippen LogP contribution in [0.15, 0.2) is 76.2 Å². The van der Waals surface area contributed by atoms with Crippen LogP contribution in [-0.2, 0) is 5.75 Å². The molecule has 1 heterocycles. The van der Waals surface area contributed by atoms with Crippen LogP contribution in [0.5, 0.6) is 0 Å². The lowest BCUT2D eigenvalue weighted by atomic mass is 10.1. The van der Waals surface area contributed by atoms with Crippen molar-refractivity contribution in [3.8, 4) is 0 Å². The van der Waals surface area contributed by atoms with Crippen LogP contribution < -0.4 is 5.32 Å². The summed E-state index contributed by atoms with van der Waals surface area (Å²) in [6, 6.07) is 19.3. The molecule has 1 atom stereocenters. The summed E-state index contributed by atoms with van der Waals surface area (Å²) in [7, 11) is 3.93. The molecule has 0 saturated heterocycles. The van der Waals surface area contributed by atoms with Crippen LogP contribution >= 0.6 is 23.4 Å². The highest BCUT2D eigenvalue weighted by molar-refractivity contribution is 7.98. The van der Waals surface area contributed by atoms with Gasteiger partial charge in [-0.2, -0.15) is 0 Å². The van der Waals surface area contributed by atoms with E-state index in [1.807, 2.05) is 79.7 Å². The average molecular weight is 415 g/mol. The molecule has 2 aromatic carbocycles. The first-order valence-corrected chi connectivity index (χ1v) is 10.3. The molecule has 0 aliphatic carbocycles. The van der Waals surface area contributed by atoms with E-state index in [1.165, 1.54) is 10.5 Å². The van der Waals surface area contributed by atoms with E-state index in [4.69, 9.17) is 16.0 Å². The molecular formula is C22H23ClN2O2S. The van der Waals surface area contributed by atoms with Crippen LogP contribution in [0.4, 0.5) is 0 Å². The molecule has 0 unspecified atom stereocenters. The first kappa shape index (κ1) is 20.5. The molecule has 146 valence electrons. The molecule has 6 heteroatoms. The zero-order valence-corrected chi connectivity index (χ0v) is 17.5. The maximum Gasteiger partial charge on any atom is 0.251 e. The van der Waals surface area contributed by atoms with Gasteiger partial charge in [0.05, 0.1) is 12.3 Å². The Bertz CT molecular complexity index is 878. The third kappa shape index (κ3) is 5.64. The highest BCUT2D eigenvalue weighted by Gasteiger charge is 2.18. The molecule has 0 aliphatic heterocycles. The minimum Gasteiger partial charge on any atom is -0.468 e. The van der Waals surface area contributed by atoms with Gasteiger partial charge in [-0.1, -0.05) is 23.7 Å². The second-order valence-electron chi connectivity index (χ2n) is 6.64. The molecule has 0 spiro atoms. The van der Waals surface area contributed by atoms with Crippen LogP contribution in [0.3, 0.4) is 0 Å². The Morgan fingerprint density at radius 1 is 1.11 bits per heavy atom. The molecule has 0 saturated carbocycles. The Labute approximate surface area is 174 Å². The number of hydrogen-bond acceptors (Lipinski definition) is 4. The quantitative estimate of drug-likeness (QED) is 0.511. The second kappa shape index (κ2) is 9.82. The van der Waals surface area contributed by atoms with Crippen molar-refractivity contribution in [2.24, 2.45) is 0 Å². The number of likely N-dealkylation sites (N-methyl/N-ethyl adjacent to an activating group) is 1. The second-order valence-corrected chi connectivity index (χ2v) is 8.13. The van der Waals surface area contributed by atoms with Crippen molar-refractivity contribution < 1.29 is 9.21 Å². The summed E-state index contributed by atoms with van der Waals surface area (Å²) in [5.74, 6) is 1.58. The van der Waals surface area contributed by atoms with Gasteiger partial charge in [0.15, 0.2) is 0 Å². The fourth-order valence-electron chi connectivity index (χ4n) is 2.76. The predicted molar refractivity (Wildman–Crippen MR) is 115 cm³/mol. The SMILES string of the molecule is CN(C)[C@@H](CNC(=O)c1ccc(CSc2ccc(Cl)cc2)cc1)c1ccco1. The van der Waals surface area contributed by atoms with Gasteiger partial charge in [-0.3, -0.25) is 9.69 Å². The monoisotopic (exact) mass is 414 g/mol. The Morgan fingerprint density at radius 2 is 1.82 bits per heavy atom. The number of benzene rings is 2. The topological polar surface area (TPSA) is 45.5 Å². The molecule has 3 aromatic rings. The summed E-state index contributed by atoms with van der Waals surface area (Å²) in [6.45, 7) is 0.480. The van der Waals surface area contributed by atoms with Gasteiger partial charge >= 0.3 is 0 Å². The minimum absolute atomic E-state index is 0.00556. The van der Waals surface area contributed by atoms with Gasteiger partial charge in [0.25, 0.3) is 5.91 Å². The van der Waals surface area contributed by atoms with Crippen LogP contribution in [0.25, 0.3) is 0 Å². The molecule has 28 heavy (non-hydrogen) atoms. The molecule has 3 rings (SSSR count). The zero-order valence-electron chi connectivity index (χ0n) is 15.9. The number of amides is 1. The van der Waals surface area contributed by atoms with Crippen molar-refractivity contribution in [3.05, 3.63) is 88.8 Å². The summed E-state index contributed by atoms with van der Waals surface area (Å²) in [5, 5.41) is 3.73. The summed E-state index contributed by atoms with van der Waals surface area (Å²) in [6.07, 6.45) is 1.65. The summed E-state index contributed by atoms with van der Waals surface area (Å²) in [4.78, 5) is 15.7. The van der Waals surface area contributed by atoms with Crippen molar-refractivity contribution >= 4 is 29.3 Å². The maximum absolute atomic E-state index is 12.5. The molecule has 0 bridgehead atoms. The standard InChI is InChI=1S/C22H23ClN2O2S/c1-25(2)20(21-4-3-13-27-21)14-24-22(26)17-7-5-16(6-8-17)15-28-19-11-9-18(23)10-12-19/h3-13,20H,14-15H2,1-2H3,(H,24,26)/t20-/m0/s1. The molecule has 0 fully saturated rings. The van der Waals surface area contributed by atoms with E-state index in [-0.39, 0.29) is 11.9 Å². The minimum atomic E-state index is -0.0877. The number of carbonyl (C=O) groups excluding carboxylic acids is 1. The Balaban J connectivity index is 1.53. The van der Waals surface area contributed by atoms with Crippen molar-refractivity contribution in [2.45, 2.75) is 16.7 Å². The Kier molecular flexibility index (Phi) is 7.20. The van der Waals surface area contributed by atoms with E-state index in [9.17, 15) is 4.79 Å². The Morgan fingerprint density at radius 3 is 2.43 bits per heavy atom. The lowest BCUT2D eigenvalue weighted by Gasteiger charge is -2.22. The number of furan rings is 1. The van der Waals surface area contributed by atoms with Gasteiger partial charge in [-0.25, -0.2) is 0 Å². The molecular weight excluding hydrogens is 392 g/mol. The largest absolute Gasteiger partial charge is 0.468 e. The molecule has 1 N–H and O–H groups in total. The highest BCUT2D eigenvalue weighted by Crippen LogP contribution is 2.24. The van der Waals surface area contributed by atoms with Crippen LogP contribution in [0.1, 0.15) is 27.7 Å². The molecule has 0 aliphatic rings. The fraction of sp³-hybridized carbons (Fsp3) is 0.227. The third-order valence-electron chi connectivity index (χ3n) is 4.39. The average Bonchev–Trinajstić information content (AvgIpc) is 3.22. The van der Waals surface area contributed by atoms with Gasteiger partial charge in [-0.05, 0) is 68.2 Å². The van der Waals surface area contributed by atoms with Crippen LogP contribution in [0, 0.1) is 0 Å². The van der Waals surface area contributed by atoms with E-state index < -0.39 is 0 Å².